The first-order chi connectivity index (χ1) is 7.45. The van der Waals surface area contributed by atoms with Gasteiger partial charge in [-0.25, -0.2) is 0 Å². The summed E-state index contributed by atoms with van der Waals surface area (Å²) in [6.07, 6.45) is 0.985. The third kappa shape index (κ3) is 1.65. The van der Waals surface area contributed by atoms with Gasteiger partial charge in [0.1, 0.15) is 5.75 Å². The third-order valence-corrected chi connectivity index (χ3v) is 3.21. The summed E-state index contributed by atoms with van der Waals surface area (Å²) in [6, 6.07) is 4.03. The maximum Gasteiger partial charge on any atom is 0.130 e. The zero-order valence-corrected chi connectivity index (χ0v) is 10.4. The van der Waals surface area contributed by atoms with Crippen molar-refractivity contribution < 1.29 is 9.84 Å². The zero-order chi connectivity index (χ0) is 11.9. The van der Waals surface area contributed by atoms with Crippen LogP contribution in [0.5, 0.6) is 5.75 Å². The van der Waals surface area contributed by atoms with E-state index in [1.807, 2.05) is 6.07 Å². The minimum Gasteiger partial charge on any atom is -0.496 e. The monoisotopic (exact) mass is 221 g/mol. The van der Waals surface area contributed by atoms with Crippen LogP contribution in [0.4, 0.5) is 5.69 Å². The van der Waals surface area contributed by atoms with Crippen LogP contribution in [0.2, 0.25) is 0 Å². The Morgan fingerprint density at radius 2 is 2.06 bits per heavy atom. The molecule has 16 heavy (non-hydrogen) atoms. The molecule has 0 bridgehead atoms. The quantitative estimate of drug-likeness (QED) is 0.828. The molecule has 0 amide bonds. The first kappa shape index (κ1) is 11.3. The summed E-state index contributed by atoms with van der Waals surface area (Å²) >= 11 is 0. The van der Waals surface area contributed by atoms with E-state index in [2.05, 4.69) is 18.0 Å². The number of hydrogen-bond donors (Lipinski definition) is 1. The largest absolute Gasteiger partial charge is 0.496 e. The van der Waals surface area contributed by atoms with Crippen LogP contribution < -0.4 is 9.64 Å². The molecule has 1 N–H and O–H groups in total. The van der Waals surface area contributed by atoms with Crippen molar-refractivity contribution in [3.05, 3.63) is 23.3 Å². The van der Waals surface area contributed by atoms with Gasteiger partial charge in [-0.05, 0) is 26.3 Å². The molecule has 0 atom stereocenters. The third-order valence-electron chi connectivity index (χ3n) is 3.21. The normalized spacial score (nSPS) is 15.2. The van der Waals surface area contributed by atoms with Gasteiger partial charge in [0.2, 0.25) is 0 Å². The Bertz CT molecular complexity index is 407. The number of hydrogen-bond acceptors (Lipinski definition) is 3. The summed E-state index contributed by atoms with van der Waals surface area (Å²) in [7, 11) is 3.75. The van der Waals surface area contributed by atoms with Gasteiger partial charge in [-0.2, -0.15) is 0 Å². The lowest BCUT2D eigenvalue weighted by atomic mass is 9.94. The van der Waals surface area contributed by atoms with Gasteiger partial charge < -0.3 is 14.7 Å². The molecule has 1 aromatic rings. The second-order valence-electron chi connectivity index (χ2n) is 4.87. The van der Waals surface area contributed by atoms with Crippen LogP contribution in [0, 0.1) is 0 Å². The van der Waals surface area contributed by atoms with Gasteiger partial charge in [0, 0.05) is 30.4 Å². The molecule has 1 aliphatic rings. The van der Waals surface area contributed by atoms with Crippen LogP contribution in [0.1, 0.15) is 25.0 Å². The number of nitrogens with zero attached hydrogens (tertiary/aromatic N) is 1. The minimum absolute atomic E-state index is 0.842. The fourth-order valence-corrected chi connectivity index (χ4v) is 2.33. The Labute approximate surface area is 96.6 Å². The van der Waals surface area contributed by atoms with Crippen LogP contribution in [0.15, 0.2) is 12.1 Å². The van der Waals surface area contributed by atoms with Gasteiger partial charge in [-0.15, -0.1) is 0 Å². The summed E-state index contributed by atoms with van der Waals surface area (Å²) in [5, 5.41) is 10.1. The van der Waals surface area contributed by atoms with Crippen molar-refractivity contribution in [3.8, 4) is 5.75 Å². The van der Waals surface area contributed by atoms with Crippen molar-refractivity contribution in [2.45, 2.75) is 25.9 Å². The minimum atomic E-state index is -0.860. The fraction of sp³-hybridized carbons (Fsp3) is 0.538. The molecule has 3 heteroatoms. The molecule has 0 saturated heterocycles. The van der Waals surface area contributed by atoms with Gasteiger partial charge in [-0.3, -0.25) is 0 Å². The first-order valence-electron chi connectivity index (χ1n) is 5.59. The molecule has 0 fully saturated rings. The van der Waals surface area contributed by atoms with Crippen molar-refractivity contribution >= 4 is 5.69 Å². The lowest BCUT2D eigenvalue weighted by molar-refractivity contribution is 0.0755. The second kappa shape index (κ2) is 3.67. The summed E-state index contributed by atoms with van der Waals surface area (Å²) in [4.78, 5) is 2.21. The SMILES string of the molecule is COc1c(C(C)(C)O)ccc2c1CCN2C. The highest BCUT2D eigenvalue weighted by atomic mass is 16.5. The molecule has 2 rings (SSSR count). The predicted octanol–water partition coefficient (Wildman–Crippen LogP) is 1.91. The highest BCUT2D eigenvalue weighted by molar-refractivity contribution is 5.65. The number of benzene rings is 1. The Morgan fingerprint density at radius 1 is 1.38 bits per heavy atom. The summed E-state index contributed by atoms with van der Waals surface area (Å²) in [5.41, 5.74) is 2.43. The van der Waals surface area contributed by atoms with Crippen LogP contribution >= 0.6 is 0 Å². The van der Waals surface area contributed by atoms with Crippen molar-refractivity contribution in [2.75, 3.05) is 25.6 Å². The lowest BCUT2D eigenvalue weighted by Gasteiger charge is -2.23. The van der Waals surface area contributed by atoms with Crippen LogP contribution in [-0.2, 0) is 12.0 Å². The smallest absolute Gasteiger partial charge is 0.130 e. The molecule has 88 valence electrons. The Kier molecular flexibility index (Phi) is 2.58. The number of likely N-dealkylation sites (N-methyl/N-ethyl adjacent to an activating group) is 1. The van der Waals surface area contributed by atoms with Gasteiger partial charge in [0.25, 0.3) is 0 Å². The van der Waals surface area contributed by atoms with E-state index >= 15 is 0 Å². The number of anilines is 1. The van der Waals surface area contributed by atoms with E-state index < -0.39 is 5.60 Å². The van der Waals surface area contributed by atoms with Gasteiger partial charge in [0.15, 0.2) is 0 Å². The summed E-state index contributed by atoms with van der Waals surface area (Å²) in [6.45, 7) is 4.59. The van der Waals surface area contributed by atoms with Crippen LogP contribution in [0.25, 0.3) is 0 Å². The maximum absolute atomic E-state index is 10.1. The molecule has 1 aliphatic heterocycles. The molecule has 1 aromatic carbocycles. The van der Waals surface area contributed by atoms with E-state index in [0.29, 0.717) is 0 Å². The van der Waals surface area contributed by atoms with E-state index in [-0.39, 0.29) is 0 Å². The molecule has 0 unspecified atom stereocenters. The van der Waals surface area contributed by atoms with Crippen molar-refractivity contribution in [1.82, 2.24) is 0 Å². The Morgan fingerprint density at radius 3 is 2.62 bits per heavy atom. The molecule has 0 radical (unpaired) electrons. The number of methoxy groups -OCH3 is 1. The van der Waals surface area contributed by atoms with Crippen molar-refractivity contribution in [1.29, 1.82) is 0 Å². The Hall–Kier alpha value is -1.22. The number of aliphatic hydroxyl groups is 1. The lowest BCUT2D eigenvalue weighted by Crippen LogP contribution is -2.17. The van der Waals surface area contributed by atoms with Crippen LogP contribution in [-0.4, -0.2) is 25.8 Å². The molecule has 1 heterocycles. The van der Waals surface area contributed by atoms with Gasteiger partial charge >= 0.3 is 0 Å². The van der Waals surface area contributed by atoms with E-state index in [9.17, 15) is 5.11 Å². The molecular weight excluding hydrogens is 202 g/mol. The first-order valence-corrected chi connectivity index (χ1v) is 5.59. The summed E-state index contributed by atoms with van der Waals surface area (Å²) in [5.74, 6) is 0.842. The average molecular weight is 221 g/mol. The molecule has 0 spiro atoms. The molecule has 3 nitrogen and oxygen atoms in total. The van der Waals surface area contributed by atoms with Gasteiger partial charge in [0.05, 0.1) is 12.7 Å². The maximum atomic E-state index is 10.1. The highest BCUT2D eigenvalue weighted by Gasteiger charge is 2.27. The van der Waals surface area contributed by atoms with Crippen LogP contribution in [0.3, 0.4) is 0 Å². The van der Waals surface area contributed by atoms with Gasteiger partial charge in [-0.1, -0.05) is 6.07 Å². The average Bonchev–Trinajstić information content (AvgIpc) is 2.58. The number of fused-ring (bicyclic) bond motifs is 1. The molecule has 0 aliphatic carbocycles. The molecule has 0 saturated carbocycles. The molecular formula is C13H19NO2. The second-order valence-corrected chi connectivity index (χ2v) is 4.87. The van der Waals surface area contributed by atoms with Crippen molar-refractivity contribution in [3.63, 3.8) is 0 Å². The summed E-state index contributed by atoms with van der Waals surface area (Å²) < 4.78 is 5.48. The van der Waals surface area contributed by atoms with E-state index in [1.54, 1.807) is 21.0 Å². The van der Waals surface area contributed by atoms with E-state index in [4.69, 9.17) is 4.74 Å². The highest BCUT2D eigenvalue weighted by Crippen LogP contribution is 2.40. The van der Waals surface area contributed by atoms with E-state index in [1.165, 1.54) is 11.3 Å². The van der Waals surface area contributed by atoms with Crippen molar-refractivity contribution in [2.24, 2.45) is 0 Å². The number of ether oxygens (including phenoxy) is 1. The topological polar surface area (TPSA) is 32.7 Å². The predicted molar refractivity (Wildman–Crippen MR) is 65.2 cm³/mol. The fourth-order valence-electron chi connectivity index (χ4n) is 2.33. The molecule has 0 aromatic heterocycles. The number of rotatable bonds is 2. The standard InChI is InChI=1S/C13H19NO2/c1-13(2,15)10-5-6-11-9(12(10)16-4)7-8-14(11)3/h5-6,15H,7-8H2,1-4H3. The zero-order valence-electron chi connectivity index (χ0n) is 10.4. The Balaban J connectivity index is 2.59. The van der Waals surface area contributed by atoms with E-state index in [0.717, 1.165) is 24.3 Å².